The Kier molecular flexibility index (Phi) is 4.87. The Morgan fingerprint density at radius 2 is 2.24 bits per heavy atom. The van der Waals surface area contributed by atoms with Crippen LogP contribution in [0.15, 0.2) is 24.5 Å². The number of nitro benzene ring substituents is 1. The van der Waals surface area contributed by atoms with Gasteiger partial charge in [-0.05, 0) is 12.1 Å². The number of hydrogen-bond acceptors (Lipinski definition) is 5. The predicted molar refractivity (Wildman–Crippen MR) is 79.2 cm³/mol. The number of benzene rings is 1. The number of halogens is 1. The zero-order valence-electron chi connectivity index (χ0n) is 11.8. The molecule has 0 atom stereocenters. The average Bonchev–Trinajstić information content (AvgIpc) is 2.85. The fourth-order valence-corrected chi connectivity index (χ4v) is 2.02. The lowest BCUT2D eigenvalue weighted by atomic mass is 10.2. The molecule has 2 rings (SSSR count). The third kappa shape index (κ3) is 3.99. The first-order valence-corrected chi connectivity index (χ1v) is 6.88. The lowest BCUT2D eigenvalue weighted by molar-refractivity contribution is -0.385. The summed E-state index contributed by atoms with van der Waals surface area (Å²) in [6.07, 6.45) is 1.44. The van der Waals surface area contributed by atoms with Crippen molar-refractivity contribution in [1.29, 1.82) is 0 Å². The summed E-state index contributed by atoms with van der Waals surface area (Å²) in [4.78, 5) is 14.8. The lowest BCUT2D eigenvalue weighted by Crippen LogP contribution is -2.24. The van der Waals surface area contributed by atoms with Crippen LogP contribution in [0.5, 0.6) is 0 Å². The summed E-state index contributed by atoms with van der Waals surface area (Å²) in [6.45, 7) is 4.90. The Labute approximate surface area is 127 Å². The molecule has 0 amide bonds. The normalized spacial score (nSPS) is 11.0. The second kappa shape index (κ2) is 6.64. The van der Waals surface area contributed by atoms with Crippen molar-refractivity contribution in [2.45, 2.75) is 33.0 Å². The lowest BCUT2D eigenvalue weighted by Gasteiger charge is -2.10. The van der Waals surface area contributed by atoms with Crippen LogP contribution in [0.3, 0.4) is 0 Å². The summed E-state index contributed by atoms with van der Waals surface area (Å²) in [5, 5.41) is 18.8. The second-order valence-electron chi connectivity index (χ2n) is 4.90. The van der Waals surface area contributed by atoms with E-state index in [1.54, 1.807) is 16.8 Å². The predicted octanol–water partition coefficient (Wildman–Crippen LogP) is 2.39. The van der Waals surface area contributed by atoms with Crippen molar-refractivity contribution in [1.82, 2.24) is 20.1 Å². The van der Waals surface area contributed by atoms with Crippen LogP contribution in [0.2, 0.25) is 5.02 Å². The molecule has 0 aliphatic heterocycles. The van der Waals surface area contributed by atoms with Gasteiger partial charge in [0.2, 0.25) is 0 Å². The molecule has 0 saturated carbocycles. The third-order valence-electron chi connectivity index (χ3n) is 2.93. The average molecular weight is 310 g/mol. The van der Waals surface area contributed by atoms with E-state index < -0.39 is 4.92 Å². The van der Waals surface area contributed by atoms with Crippen molar-refractivity contribution in [3.8, 4) is 0 Å². The summed E-state index contributed by atoms with van der Waals surface area (Å²) in [5.74, 6) is 0.730. The maximum absolute atomic E-state index is 11.1. The molecule has 0 spiro atoms. The van der Waals surface area contributed by atoms with E-state index in [2.05, 4.69) is 15.4 Å². The minimum atomic E-state index is -0.440. The molecule has 0 aliphatic rings. The molecule has 1 N–H and O–H groups in total. The summed E-state index contributed by atoms with van der Waals surface area (Å²) >= 11 is 5.81. The van der Waals surface area contributed by atoms with Crippen molar-refractivity contribution in [2.24, 2.45) is 0 Å². The van der Waals surface area contributed by atoms with Gasteiger partial charge in [-0.2, -0.15) is 5.10 Å². The van der Waals surface area contributed by atoms with Crippen LogP contribution >= 0.6 is 11.6 Å². The minimum Gasteiger partial charge on any atom is -0.308 e. The maximum atomic E-state index is 11.1. The Morgan fingerprint density at radius 1 is 1.48 bits per heavy atom. The van der Waals surface area contributed by atoms with Crippen LogP contribution < -0.4 is 5.32 Å². The van der Waals surface area contributed by atoms with Gasteiger partial charge in [0.1, 0.15) is 12.2 Å². The van der Waals surface area contributed by atoms with Gasteiger partial charge in [0.15, 0.2) is 0 Å². The Hall–Kier alpha value is -1.99. The molecule has 112 valence electrons. The highest BCUT2D eigenvalue weighted by atomic mass is 35.5. The molecule has 0 saturated heterocycles. The van der Waals surface area contributed by atoms with Crippen molar-refractivity contribution in [3.05, 3.63) is 51.1 Å². The first kappa shape index (κ1) is 15.4. The van der Waals surface area contributed by atoms with Crippen molar-refractivity contribution in [2.75, 3.05) is 0 Å². The molecule has 0 unspecified atom stereocenters. The fraction of sp³-hybridized carbons (Fsp3) is 0.385. The summed E-state index contributed by atoms with van der Waals surface area (Å²) in [5.41, 5.74) is 0.529. The van der Waals surface area contributed by atoms with Crippen molar-refractivity contribution < 1.29 is 4.92 Å². The van der Waals surface area contributed by atoms with Crippen molar-refractivity contribution in [3.63, 3.8) is 0 Å². The standard InChI is InChI=1S/C13H16ClN5O2/c1-9(2)15-6-13-16-8-17-18(13)7-10-3-4-11(14)5-12(10)19(20)21/h3-5,8-9,15H,6-7H2,1-2H3. The minimum absolute atomic E-state index is 0.0132. The van der Waals surface area contributed by atoms with E-state index in [1.165, 1.54) is 12.4 Å². The number of rotatable bonds is 6. The van der Waals surface area contributed by atoms with Gasteiger partial charge in [0, 0.05) is 17.1 Å². The molecular weight excluding hydrogens is 294 g/mol. The topological polar surface area (TPSA) is 85.9 Å². The largest absolute Gasteiger partial charge is 0.308 e. The van der Waals surface area contributed by atoms with E-state index in [9.17, 15) is 10.1 Å². The number of hydrogen-bond donors (Lipinski definition) is 1. The van der Waals surface area contributed by atoms with Gasteiger partial charge < -0.3 is 5.32 Å². The SMILES string of the molecule is CC(C)NCc1ncnn1Cc1ccc(Cl)cc1[N+](=O)[O-]. The molecule has 7 nitrogen and oxygen atoms in total. The van der Waals surface area contributed by atoms with Gasteiger partial charge in [-0.1, -0.05) is 25.4 Å². The molecule has 0 bridgehead atoms. The van der Waals surface area contributed by atoms with Gasteiger partial charge in [-0.25, -0.2) is 9.67 Å². The van der Waals surface area contributed by atoms with E-state index in [0.29, 0.717) is 23.2 Å². The molecule has 21 heavy (non-hydrogen) atoms. The number of nitrogens with one attached hydrogen (secondary N) is 1. The fourth-order valence-electron chi connectivity index (χ4n) is 1.85. The van der Waals surface area contributed by atoms with Crippen molar-refractivity contribution >= 4 is 17.3 Å². The maximum Gasteiger partial charge on any atom is 0.275 e. The Balaban J connectivity index is 2.23. The van der Waals surface area contributed by atoms with Crippen LogP contribution in [-0.2, 0) is 13.1 Å². The zero-order chi connectivity index (χ0) is 15.4. The van der Waals surface area contributed by atoms with E-state index in [4.69, 9.17) is 11.6 Å². The molecule has 1 heterocycles. The molecular formula is C13H16ClN5O2. The number of nitro groups is 1. The van der Waals surface area contributed by atoms with E-state index >= 15 is 0 Å². The Morgan fingerprint density at radius 3 is 2.90 bits per heavy atom. The highest BCUT2D eigenvalue weighted by Gasteiger charge is 2.16. The van der Waals surface area contributed by atoms with E-state index in [-0.39, 0.29) is 12.2 Å². The molecule has 0 fully saturated rings. The van der Waals surface area contributed by atoms with Gasteiger partial charge >= 0.3 is 0 Å². The monoisotopic (exact) mass is 309 g/mol. The number of aromatic nitrogens is 3. The second-order valence-corrected chi connectivity index (χ2v) is 5.34. The van der Waals surface area contributed by atoms with Gasteiger partial charge in [0.05, 0.1) is 23.6 Å². The number of nitrogens with zero attached hydrogens (tertiary/aromatic N) is 4. The quantitative estimate of drug-likeness (QED) is 0.654. The van der Waals surface area contributed by atoms with E-state index in [1.807, 2.05) is 13.8 Å². The molecule has 1 aromatic carbocycles. The third-order valence-corrected chi connectivity index (χ3v) is 3.16. The van der Waals surface area contributed by atoms with Crippen LogP contribution in [0.25, 0.3) is 0 Å². The summed E-state index contributed by atoms with van der Waals surface area (Å²) in [7, 11) is 0. The highest BCUT2D eigenvalue weighted by molar-refractivity contribution is 6.30. The zero-order valence-corrected chi connectivity index (χ0v) is 12.5. The van der Waals surface area contributed by atoms with E-state index in [0.717, 1.165) is 5.82 Å². The molecule has 2 aromatic rings. The summed E-state index contributed by atoms with van der Waals surface area (Å²) < 4.78 is 1.64. The van der Waals surface area contributed by atoms with Gasteiger partial charge in [-0.3, -0.25) is 10.1 Å². The highest BCUT2D eigenvalue weighted by Crippen LogP contribution is 2.24. The molecule has 1 aromatic heterocycles. The van der Waals surface area contributed by atoms with Crippen LogP contribution in [0, 0.1) is 10.1 Å². The Bertz CT molecular complexity index is 641. The smallest absolute Gasteiger partial charge is 0.275 e. The summed E-state index contributed by atoms with van der Waals surface area (Å²) in [6, 6.07) is 4.94. The van der Waals surface area contributed by atoms with Crippen LogP contribution in [-0.4, -0.2) is 25.7 Å². The first-order valence-electron chi connectivity index (χ1n) is 6.50. The molecule has 0 aliphatic carbocycles. The molecule has 0 radical (unpaired) electrons. The first-order chi connectivity index (χ1) is 9.97. The van der Waals surface area contributed by atoms with Crippen LogP contribution in [0.1, 0.15) is 25.2 Å². The van der Waals surface area contributed by atoms with Crippen LogP contribution in [0.4, 0.5) is 5.69 Å². The van der Waals surface area contributed by atoms with Gasteiger partial charge in [-0.15, -0.1) is 0 Å². The molecule has 8 heteroatoms. The van der Waals surface area contributed by atoms with Gasteiger partial charge in [0.25, 0.3) is 5.69 Å².